The van der Waals surface area contributed by atoms with Gasteiger partial charge in [0.2, 0.25) is 0 Å². The Morgan fingerprint density at radius 3 is 3.15 bits per heavy atom. The topological polar surface area (TPSA) is 71.3 Å². The molecule has 0 radical (unpaired) electrons. The van der Waals surface area contributed by atoms with Crippen molar-refractivity contribution in [1.29, 1.82) is 0 Å². The van der Waals surface area contributed by atoms with E-state index < -0.39 is 0 Å². The lowest BCUT2D eigenvalue weighted by atomic mass is 10.1. The number of carbonyl (C=O) groups excluding carboxylic acids is 1. The van der Waals surface area contributed by atoms with Crippen molar-refractivity contribution < 1.29 is 9.21 Å². The first kappa shape index (κ1) is 12.7. The molecular formula is C14H16N4O2. The Balaban J connectivity index is 1.80. The van der Waals surface area contributed by atoms with Crippen LogP contribution >= 0.6 is 0 Å². The Bertz CT molecular complexity index is 610. The van der Waals surface area contributed by atoms with Crippen LogP contribution in [0.25, 0.3) is 0 Å². The van der Waals surface area contributed by atoms with Crippen LogP contribution in [-0.4, -0.2) is 34.1 Å². The number of furan rings is 1. The van der Waals surface area contributed by atoms with Gasteiger partial charge in [-0.2, -0.15) is 5.10 Å². The molecule has 3 heterocycles. The zero-order valence-corrected chi connectivity index (χ0v) is 11.3. The third-order valence-corrected chi connectivity index (χ3v) is 3.35. The molecule has 20 heavy (non-hydrogen) atoms. The van der Waals surface area contributed by atoms with Crippen LogP contribution in [-0.2, 0) is 13.0 Å². The Labute approximate surface area is 116 Å². The van der Waals surface area contributed by atoms with Crippen LogP contribution in [0.4, 0.5) is 5.82 Å². The number of nitrogens with zero attached hydrogens (tertiary/aromatic N) is 3. The van der Waals surface area contributed by atoms with Crippen molar-refractivity contribution in [3.05, 3.63) is 41.5 Å². The largest absolute Gasteiger partial charge is 0.472 e. The maximum absolute atomic E-state index is 12.3. The van der Waals surface area contributed by atoms with E-state index in [1.165, 1.54) is 12.5 Å². The monoisotopic (exact) mass is 272 g/mol. The van der Waals surface area contributed by atoms with Crippen LogP contribution in [0.5, 0.6) is 0 Å². The summed E-state index contributed by atoms with van der Waals surface area (Å²) in [5, 5.41) is 11.5. The Kier molecular flexibility index (Phi) is 3.37. The summed E-state index contributed by atoms with van der Waals surface area (Å²) in [5.74, 6) is 0.745. The molecule has 2 aromatic heterocycles. The molecule has 0 spiro atoms. The number of aromatic nitrogens is 2. The lowest BCUT2D eigenvalue weighted by Gasteiger charge is -2.27. The van der Waals surface area contributed by atoms with E-state index in [0.717, 1.165) is 30.0 Å². The van der Waals surface area contributed by atoms with E-state index in [0.29, 0.717) is 18.7 Å². The molecule has 6 nitrogen and oxygen atoms in total. The standard InChI is InChI=1S/C14H16N4O2/c1-2-15-13-7-11-8-18(5-3-12(11)16-17-13)14(19)10-4-6-20-9-10/h4,6-7,9H,2-3,5,8H2,1H3,(H,15,17). The van der Waals surface area contributed by atoms with E-state index >= 15 is 0 Å². The zero-order chi connectivity index (χ0) is 13.9. The van der Waals surface area contributed by atoms with Crippen molar-refractivity contribution in [2.45, 2.75) is 19.9 Å². The van der Waals surface area contributed by atoms with E-state index in [2.05, 4.69) is 15.5 Å². The predicted molar refractivity (Wildman–Crippen MR) is 73.3 cm³/mol. The van der Waals surface area contributed by atoms with E-state index in [9.17, 15) is 4.79 Å². The number of fused-ring (bicyclic) bond motifs is 1. The fraction of sp³-hybridized carbons (Fsp3) is 0.357. The van der Waals surface area contributed by atoms with Crippen molar-refractivity contribution in [3.8, 4) is 0 Å². The average molecular weight is 272 g/mol. The highest BCUT2D eigenvalue weighted by Gasteiger charge is 2.23. The number of rotatable bonds is 3. The Morgan fingerprint density at radius 2 is 2.40 bits per heavy atom. The molecule has 0 fully saturated rings. The third-order valence-electron chi connectivity index (χ3n) is 3.35. The van der Waals surface area contributed by atoms with Gasteiger partial charge in [0.05, 0.1) is 17.5 Å². The van der Waals surface area contributed by atoms with Gasteiger partial charge in [-0.05, 0) is 24.6 Å². The third kappa shape index (κ3) is 2.36. The van der Waals surface area contributed by atoms with Crippen LogP contribution in [0.1, 0.15) is 28.5 Å². The maximum Gasteiger partial charge on any atom is 0.257 e. The van der Waals surface area contributed by atoms with Gasteiger partial charge in [-0.3, -0.25) is 4.79 Å². The molecule has 0 aromatic carbocycles. The van der Waals surface area contributed by atoms with E-state index in [-0.39, 0.29) is 5.91 Å². The van der Waals surface area contributed by atoms with Gasteiger partial charge in [-0.1, -0.05) is 0 Å². The summed E-state index contributed by atoms with van der Waals surface area (Å²) in [4.78, 5) is 14.1. The fourth-order valence-electron chi connectivity index (χ4n) is 2.34. The van der Waals surface area contributed by atoms with Gasteiger partial charge < -0.3 is 14.6 Å². The summed E-state index contributed by atoms with van der Waals surface area (Å²) in [6.07, 6.45) is 3.73. The minimum Gasteiger partial charge on any atom is -0.472 e. The molecule has 3 rings (SSSR count). The summed E-state index contributed by atoms with van der Waals surface area (Å²) in [7, 11) is 0. The van der Waals surface area contributed by atoms with Crippen molar-refractivity contribution in [2.75, 3.05) is 18.4 Å². The second kappa shape index (κ2) is 5.32. The molecule has 1 aliphatic rings. The molecule has 0 bridgehead atoms. The molecule has 0 unspecified atom stereocenters. The van der Waals surface area contributed by atoms with Crippen molar-refractivity contribution in [1.82, 2.24) is 15.1 Å². The summed E-state index contributed by atoms with van der Waals surface area (Å²) in [5.41, 5.74) is 2.62. The first-order valence-corrected chi connectivity index (χ1v) is 6.68. The minimum absolute atomic E-state index is 0.00814. The van der Waals surface area contributed by atoms with Gasteiger partial charge in [0.15, 0.2) is 0 Å². The molecule has 1 amide bonds. The van der Waals surface area contributed by atoms with Crippen molar-refractivity contribution in [3.63, 3.8) is 0 Å². The summed E-state index contributed by atoms with van der Waals surface area (Å²) < 4.78 is 4.97. The molecule has 0 atom stereocenters. The summed E-state index contributed by atoms with van der Waals surface area (Å²) >= 11 is 0. The SMILES string of the molecule is CCNc1cc2c(nn1)CCN(C(=O)c1ccoc1)C2. The molecule has 0 saturated heterocycles. The van der Waals surface area contributed by atoms with Crippen LogP contribution in [0.3, 0.4) is 0 Å². The van der Waals surface area contributed by atoms with Crippen molar-refractivity contribution in [2.24, 2.45) is 0 Å². The summed E-state index contributed by atoms with van der Waals surface area (Å²) in [6, 6.07) is 3.66. The minimum atomic E-state index is -0.00814. The second-order valence-corrected chi connectivity index (χ2v) is 4.72. The number of hydrogen-bond acceptors (Lipinski definition) is 5. The van der Waals surface area contributed by atoms with Gasteiger partial charge in [-0.25, -0.2) is 0 Å². The van der Waals surface area contributed by atoms with Gasteiger partial charge >= 0.3 is 0 Å². The maximum atomic E-state index is 12.3. The number of carbonyl (C=O) groups is 1. The summed E-state index contributed by atoms with van der Waals surface area (Å²) in [6.45, 7) is 4.03. The lowest BCUT2D eigenvalue weighted by molar-refractivity contribution is 0.0732. The number of anilines is 1. The smallest absolute Gasteiger partial charge is 0.257 e. The Morgan fingerprint density at radius 1 is 1.50 bits per heavy atom. The number of hydrogen-bond donors (Lipinski definition) is 1. The van der Waals surface area contributed by atoms with E-state index in [1.54, 1.807) is 6.07 Å². The van der Waals surface area contributed by atoms with Crippen LogP contribution in [0.2, 0.25) is 0 Å². The zero-order valence-electron chi connectivity index (χ0n) is 11.3. The molecular weight excluding hydrogens is 256 g/mol. The first-order valence-electron chi connectivity index (χ1n) is 6.68. The molecule has 1 N–H and O–H groups in total. The van der Waals surface area contributed by atoms with Crippen LogP contribution in [0.15, 0.2) is 29.1 Å². The van der Waals surface area contributed by atoms with Crippen molar-refractivity contribution >= 4 is 11.7 Å². The van der Waals surface area contributed by atoms with Crippen LogP contribution in [0, 0.1) is 0 Å². The molecule has 0 saturated carbocycles. The average Bonchev–Trinajstić information content (AvgIpc) is 3.00. The van der Waals surface area contributed by atoms with Gasteiger partial charge in [0.25, 0.3) is 5.91 Å². The molecule has 104 valence electrons. The van der Waals surface area contributed by atoms with Gasteiger partial charge in [-0.15, -0.1) is 5.10 Å². The van der Waals surface area contributed by atoms with Gasteiger partial charge in [0.1, 0.15) is 12.1 Å². The van der Waals surface area contributed by atoms with E-state index in [4.69, 9.17) is 4.42 Å². The van der Waals surface area contributed by atoms with Crippen LogP contribution < -0.4 is 5.32 Å². The predicted octanol–water partition coefficient (Wildman–Crippen LogP) is 1.70. The molecule has 2 aromatic rings. The highest BCUT2D eigenvalue weighted by molar-refractivity contribution is 5.93. The van der Waals surface area contributed by atoms with Gasteiger partial charge in [0, 0.05) is 26.1 Å². The Hall–Kier alpha value is -2.37. The quantitative estimate of drug-likeness (QED) is 0.920. The highest BCUT2D eigenvalue weighted by Crippen LogP contribution is 2.20. The molecule has 6 heteroatoms. The second-order valence-electron chi connectivity index (χ2n) is 4.72. The fourth-order valence-corrected chi connectivity index (χ4v) is 2.34. The normalized spacial score (nSPS) is 13.9. The first-order chi connectivity index (χ1) is 9.78. The van der Waals surface area contributed by atoms with E-state index in [1.807, 2.05) is 17.9 Å². The lowest BCUT2D eigenvalue weighted by Crippen LogP contribution is -2.36. The number of nitrogens with one attached hydrogen (secondary N) is 1. The molecule has 0 aliphatic carbocycles. The highest BCUT2D eigenvalue weighted by atomic mass is 16.3. The molecule has 1 aliphatic heterocycles. The number of amides is 1.